The monoisotopic (exact) mass is 277 g/mol. The summed E-state index contributed by atoms with van der Waals surface area (Å²) in [6, 6.07) is 0. The third-order valence-corrected chi connectivity index (χ3v) is 4.98. The Bertz CT molecular complexity index is 347. The van der Waals surface area contributed by atoms with Crippen LogP contribution >= 0.6 is 0 Å². The van der Waals surface area contributed by atoms with Gasteiger partial charge in [0, 0.05) is 13.0 Å². The fraction of sp³-hybridized carbons (Fsp3) is 0.917. The maximum absolute atomic E-state index is 11.7. The predicted molar refractivity (Wildman–Crippen MR) is 70.4 cm³/mol. The summed E-state index contributed by atoms with van der Waals surface area (Å²) in [5.41, 5.74) is 0. The molecule has 0 atom stereocenters. The molecule has 1 rings (SSSR count). The molecule has 6 heteroatoms. The second kappa shape index (κ2) is 7.74. The number of hydrogen-bond acceptors (Lipinski definition) is 4. The van der Waals surface area contributed by atoms with Gasteiger partial charge < -0.3 is 10.0 Å². The summed E-state index contributed by atoms with van der Waals surface area (Å²) in [5, 5.41) is 8.45. The number of carboxylic acid groups (broad SMARTS) is 1. The van der Waals surface area contributed by atoms with E-state index < -0.39 is 15.8 Å². The predicted octanol–water partition coefficient (Wildman–Crippen LogP) is 1.14. The molecule has 0 unspecified atom stereocenters. The van der Waals surface area contributed by atoms with Crippen LogP contribution in [0.25, 0.3) is 0 Å². The number of rotatable bonds is 9. The molecule has 1 fully saturated rings. The van der Waals surface area contributed by atoms with Gasteiger partial charge in [-0.25, -0.2) is 8.42 Å². The van der Waals surface area contributed by atoms with Crippen molar-refractivity contribution in [1.82, 2.24) is 4.90 Å². The lowest BCUT2D eigenvalue weighted by Crippen LogP contribution is -2.27. The van der Waals surface area contributed by atoms with Crippen molar-refractivity contribution in [1.29, 1.82) is 0 Å². The Hall–Kier alpha value is -0.620. The van der Waals surface area contributed by atoms with Gasteiger partial charge in [0.1, 0.15) is 0 Å². The van der Waals surface area contributed by atoms with Crippen molar-refractivity contribution in [2.24, 2.45) is 0 Å². The van der Waals surface area contributed by atoms with Gasteiger partial charge in [-0.1, -0.05) is 6.42 Å². The minimum absolute atomic E-state index is 0.133. The summed E-state index contributed by atoms with van der Waals surface area (Å²) in [4.78, 5) is 12.5. The van der Waals surface area contributed by atoms with E-state index in [2.05, 4.69) is 4.90 Å². The first-order valence-corrected chi connectivity index (χ1v) is 8.46. The van der Waals surface area contributed by atoms with Crippen LogP contribution in [0.15, 0.2) is 0 Å². The van der Waals surface area contributed by atoms with Crippen LogP contribution in [0.1, 0.15) is 38.5 Å². The molecule has 0 aliphatic carbocycles. The molecule has 0 aromatic carbocycles. The van der Waals surface area contributed by atoms with Crippen LogP contribution < -0.4 is 0 Å². The fourth-order valence-electron chi connectivity index (χ4n) is 2.15. The van der Waals surface area contributed by atoms with Crippen LogP contribution in [-0.2, 0) is 14.6 Å². The van der Waals surface area contributed by atoms with Crippen molar-refractivity contribution in [3.63, 3.8) is 0 Å². The molecule has 18 heavy (non-hydrogen) atoms. The molecule has 106 valence electrons. The van der Waals surface area contributed by atoms with E-state index in [1.54, 1.807) is 0 Å². The lowest BCUT2D eigenvalue weighted by atomic mass is 10.2. The van der Waals surface area contributed by atoms with Gasteiger partial charge in [-0.15, -0.1) is 0 Å². The average Bonchev–Trinajstić information content (AvgIpc) is 2.78. The summed E-state index contributed by atoms with van der Waals surface area (Å²) >= 11 is 0. The molecular formula is C12H23NO4S. The smallest absolute Gasteiger partial charge is 0.303 e. The largest absolute Gasteiger partial charge is 0.481 e. The van der Waals surface area contributed by atoms with Gasteiger partial charge in [0.15, 0.2) is 9.84 Å². The summed E-state index contributed by atoms with van der Waals surface area (Å²) in [7, 11) is -2.96. The first-order chi connectivity index (χ1) is 8.49. The average molecular weight is 277 g/mol. The van der Waals surface area contributed by atoms with Crippen LogP contribution in [0.4, 0.5) is 0 Å². The van der Waals surface area contributed by atoms with Crippen LogP contribution in [0.2, 0.25) is 0 Å². The molecule has 5 nitrogen and oxygen atoms in total. The highest BCUT2D eigenvalue weighted by Crippen LogP contribution is 2.08. The Morgan fingerprint density at radius 3 is 2.33 bits per heavy atom. The van der Waals surface area contributed by atoms with Gasteiger partial charge >= 0.3 is 5.97 Å². The number of nitrogens with zero attached hydrogens (tertiary/aromatic N) is 1. The van der Waals surface area contributed by atoms with Crippen LogP contribution in [0.3, 0.4) is 0 Å². The number of hydrogen-bond donors (Lipinski definition) is 1. The zero-order chi connectivity index (χ0) is 13.4. The third kappa shape index (κ3) is 6.96. The van der Waals surface area contributed by atoms with Crippen molar-refractivity contribution < 1.29 is 18.3 Å². The molecule has 1 aliphatic heterocycles. The highest BCUT2D eigenvalue weighted by molar-refractivity contribution is 7.91. The number of carbonyl (C=O) groups is 1. The zero-order valence-corrected chi connectivity index (χ0v) is 11.6. The zero-order valence-electron chi connectivity index (χ0n) is 10.8. The summed E-state index contributed by atoms with van der Waals surface area (Å²) in [5.74, 6) is -0.376. The van der Waals surface area contributed by atoms with Crippen molar-refractivity contribution in [3.05, 3.63) is 0 Å². The van der Waals surface area contributed by atoms with Crippen molar-refractivity contribution in [3.8, 4) is 0 Å². The molecule has 1 heterocycles. The lowest BCUT2D eigenvalue weighted by molar-refractivity contribution is -0.137. The van der Waals surface area contributed by atoms with Crippen molar-refractivity contribution in [2.75, 3.05) is 31.1 Å². The Labute approximate surface area is 109 Å². The van der Waals surface area contributed by atoms with Crippen LogP contribution in [0, 0.1) is 0 Å². The molecule has 0 spiro atoms. The topological polar surface area (TPSA) is 74.7 Å². The highest BCUT2D eigenvalue weighted by Gasteiger charge is 2.16. The summed E-state index contributed by atoms with van der Waals surface area (Å²) in [6.45, 7) is 2.69. The SMILES string of the molecule is O=C(O)CCCCCS(=O)(=O)CCN1CCCC1. The van der Waals surface area contributed by atoms with Crippen LogP contribution in [-0.4, -0.2) is 55.5 Å². The van der Waals surface area contributed by atoms with E-state index >= 15 is 0 Å². The summed E-state index contributed by atoms with van der Waals surface area (Å²) in [6.07, 6.45) is 4.31. The quantitative estimate of drug-likeness (QED) is 0.640. The third-order valence-electron chi connectivity index (χ3n) is 3.26. The molecule has 1 aliphatic rings. The minimum Gasteiger partial charge on any atom is -0.481 e. The summed E-state index contributed by atoms with van der Waals surface area (Å²) < 4.78 is 23.5. The van der Waals surface area contributed by atoms with E-state index in [4.69, 9.17) is 5.11 Å². The van der Waals surface area contributed by atoms with Crippen molar-refractivity contribution in [2.45, 2.75) is 38.5 Å². The second-order valence-corrected chi connectivity index (χ2v) is 7.21. The maximum Gasteiger partial charge on any atom is 0.303 e. The minimum atomic E-state index is -2.96. The van der Waals surface area contributed by atoms with Gasteiger partial charge in [-0.3, -0.25) is 4.79 Å². The second-order valence-electron chi connectivity index (χ2n) is 4.90. The van der Waals surface area contributed by atoms with E-state index in [0.29, 0.717) is 25.8 Å². The Morgan fingerprint density at radius 2 is 1.72 bits per heavy atom. The normalized spacial score (nSPS) is 17.1. The number of unbranched alkanes of at least 4 members (excludes halogenated alkanes) is 2. The van der Waals surface area contributed by atoms with Gasteiger partial charge in [0.2, 0.25) is 0 Å². The molecule has 0 saturated carbocycles. The molecule has 0 aromatic rings. The highest BCUT2D eigenvalue weighted by atomic mass is 32.2. The molecule has 0 amide bonds. The molecule has 0 bridgehead atoms. The van der Waals surface area contributed by atoms with Gasteiger partial charge in [0.25, 0.3) is 0 Å². The van der Waals surface area contributed by atoms with E-state index in [-0.39, 0.29) is 17.9 Å². The maximum atomic E-state index is 11.7. The lowest BCUT2D eigenvalue weighted by Gasteiger charge is -2.14. The Balaban J connectivity index is 2.09. The number of sulfone groups is 1. The molecule has 1 N–H and O–H groups in total. The standard InChI is InChI=1S/C12H23NO4S/c14-12(15)6-2-1-5-10-18(16,17)11-9-13-7-3-4-8-13/h1-11H2,(H,14,15). The first kappa shape index (κ1) is 15.4. The number of likely N-dealkylation sites (tertiary alicyclic amines) is 1. The van der Waals surface area contributed by atoms with E-state index in [1.165, 1.54) is 12.8 Å². The van der Waals surface area contributed by atoms with E-state index in [9.17, 15) is 13.2 Å². The molecule has 0 aromatic heterocycles. The Morgan fingerprint density at radius 1 is 1.06 bits per heavy atom. The first-order valence-electron chi connectivity index (χ1n) is 6.64. The fourth-order valence-corrected chi connectivity index (χ4v) is 3.54. The van der Waals surface area contributed by atoms with E-state index in [1.807, 2.05) is 0 Å². The van der Waals surface area contributed by atoms with Crippen molar-refractivity contribution >= 4 is 15.8 Å². The van der Waals surface area contributed by atoms with Gasteiger partial charge in [-0.05, 0) is 38.8 Å². The molecule has 0 radical (unpaired) electrons. The van der Waals surface area contributed by atoms with Gasteiger partial charge in [0.05, 0.1) is 11.5 Å². The van der Waals surface area contributed by atoms with Gasteiger partial charge in [-0.2, -0.15) is 0 Å². The molecular weight excluding hydrogens is 254 g/mol. The number of aliphatic carboxylic acids is 1. The Kier molecular flexibility index (Phi) is 6.63. The number of carboxylic acids is 1. The van der Waals surface area contributed by atoms with Crippen LogP contribution in [0.5, 0.6) is 0 Å². The van der Waals surface area contributed by atoms with E-state index in [0.717, 1.165) is 13.1 Å². The molecule has 1 saturated heterocycles.